The zero-order chi connectivity index (χ0) is 41.3. The van der Waals surface area contributed by atoms with Crippen molar-refractivity contribution in [3.8, 4) is 6.07 Å². The van der Waals surface area contributed by atoms with E-state index in [1.165, 1.54) is 16.5 Å². The third-order valence-electron chi connectivity index (χ3n) is 13.1. The first-order valence-electron chi connectivity index (χ1n) is 20.5. The van der Waals surface area contributed by atoms with Crippen molar-refractivity contribution in [2.45, 2.75) is 50.5 Å². The van der Waals surface area contributed by atoms with Gasteiger partial charge in [-0.05, 0) is 106 Å². The fraction of sp³-hybridized carbons (Fsp3) is 0.432. The number of carbonyl (C=O) groups is 2. The Kier molecular flexibility index (Phi) is 9.59. The molecular weight excluding hydrogens is 752 g/mol. The largest absolute Gasteiger partial charge is 0.388 e. The van der Waals surface area contributed by atoms with Crippen molar-refractivity contribution in [3.05, 3.63) is 81.4 Å². The number of nitrogens with one attached hydrogen (secondary N) is 1. The third kappa shape index (κ3) is 6.83. The maximum Gasteiger partial charge on any atom is 0.329 e. The highest BCUT2D eigenvalue weighted by Crippen LogP contribution is 2.43. The second-order valence-electron chi connectivity index (χ2n) is 16.8. The summed E-state index contributed by atoms with van der Waals surface area (Å²) in [5.41, 5.74) is 6.61. The van der Waals surface area contributed by atoms with Crippen molar-refractivity contribution in [3.63, 3.8) is 0 Å². The van der Waals surface area contributed by atoms with Gasteiger partial charge in [0.15, 0.2) is 5.82 Å². The summed E-state index contributed by atoms with van der Waals surface area (Å²) in [6, 6.07) is 17.2. The number of pyridine rings is 1. The van der Waals surface area contributed by atoms with Crippen molar-refractivity contribution in [1.29, 1.82) is 5.26 Å². The SMILES string of the molecule is Cc1cc2c(N3CCN(C)c4ccc(C#N)cc43)cc(C3CCN(CC4(O)CCN(c5cc6c(cc5F)c(N5CCC(=O)NC5=O)nn6C)CC4)CC3)cc2n(C)c1=O. The van der Waals surface area contributed by atoms with E-state index in [2.05, 4.69) is 50.4 Å². The number of hydrogen-bond acceptors (Lipinski definition) is 10. The van der Waals surface area contributed by atoms with Crippen LogP contribution in [0.25, 0.3) is 21.8 Å². The second-order valence-corrected chi connectivity index (χ2v) is 16.8. The molecule has 3 aromatic carbocycles. The van der Waals surface area contributed by atoms with Crippen LogP contribution in [0.1, 0.15) is 54.7 Å². The number of likely N-dealkylation sites (tertiary alicyclic amines) is 1. The Morgan fingerprint density at radius 3 is 2.34 bits per heavy atom. The number of aromatic nitrogens is 3. The van der Waals surface area contributed by atoms with Gasteiger partial charge < -0.3 is 29.3 Å². The molecule has 5 aromatic rings. The van der Waals surface area contributed by atoms with E-state index in [-0.39, 0.29) is 30.3 Å². The molecule has 0 spiro atoms. The van der Waals surface area contributed by atoms with Gasteiger partial charge in [-0.15, -0.1) is 0 Å². The third-order valence-corrected chi connectivity index (χ3v) is 13.1. The minimum atomic E-state index is -0.911. The molecule has 3 saturated heterocycles. The van der Waals surface area contributed by atoms with Gasteiger partial charge in [-0.3, -0.25) is 24.5 Å². The van der Waals surface area contributed by atoms with Crippen molar-refractivity contribution in [2.75, 3.05) is 79.0 Å². The van der Waals surface area contributed by atoms with Gasteiger partial charge in [0.1, 0.15) is 5.82 Å². The molecule has 0 radical (unpaired) electrons. The molecule has 3 amide bonds. The summed E-state index contributed by atoms with van der Waals surface area (Å²) in [4.78, 5) is 47.7. The molecule has 59 heavy (non-hydrogen) atoms. The summed E-state index contributed by atoms with van der Waals surface area (Å²) >= 11 is 0. The molecular formula is C44H49FN10O4. The highest BCUT2D eigenvalue weighted by Gasteiger charge is 2.37. The number of nitrogens with zero attached hydrogens (tertiary/aromatic N) is 9. The van der Waals surface area contributed by atoms with Crippen molar-refractivity contribution >= 4 is 62.3 Å². The number of hydrogen-bond donors (Lipinski definition) is 2. The number of aliphatic hydroxyl groups is 1. The summed E-state index contributed by atoms with van der Waals surface area (Å²) in [5, 5.41) is 29.9. The lowest BCUT2D eigenvalue weighted by Crippen LogP contribution is -2.52. The summed E-state index contributed by atoms with van der Waals surface area (Å²) in [6.07, 6.45) is 2.93. The molecule has 9 rings (SSSR count). The molecule has 0 saturated carbocycles. The van der Waals surface area contributed by atoms with Gasteiger partial charge in [0.2, 0.25) is 5.91 Å². The number of rotatable bonds is 6. The van der Waals surface area contributed by atoms with Gasteiger partial charge in [-0.1, -0.05) is 0 Å². The number of urea groups is 1. The van der Waals surface area contributed by atoms with E-state index in [1.54, 1.807) is 22.4 Å². The predicted octanol–water partition coefficient (Wildman–Crippen LogP) is 4.99. The van der Waals surface area contributed by atoms with E-state index in [0.29, 0.717) is 66.0 Å². The minimum absolute atomic E-state index is 0.0161. The molecule has 0 unspecified atom stereocenters. The molecule has 0 atom stereocenters. The topological polar surface area (TPSA) is 146 Å². The van der Waals surface area contributed by atoms with Crippen LogP contribution in [-0.2, 0) is 18.9 Å². The number of aryl methyl sites for hydroxylation is 3. The number of fused-ring (bicyclic) bond motifs is 3. The van der Waals surface area contributed by atoms with Crippen LogP contribution >= 0.6 is 0 Å². The molecule has 15 heteroatoms. The van der Waals surface area contributed by atoms with Gasteiger partial charge in [0.05, 0.1) is 51.0 Å². The number of anilines is 5. The quantitative estimate of drug-likeness (QED) is 0.241. The number of carbonyl (C=O) groups excluding carboxylic acids is 2. The van der Waals surface area contributed by atoms with E-state index in [0.717, 1.165) is 67.0 Å². The van der Waals surface area contributed by atoms with E-state index < -0.39 is 17.4 Å². The van der Waals surface area contributed by atoms with Gasteiger partial charge in [0.25, 0.3) is 5.56 Å². The normalized spacial score (nSPS) is 19.1. The first-order chi connectivity index (χ1) is 28.3. The zero-order valence-electron chi connectivity index (χ0n) is 34.0. The molecule has 2 N–H and O–H groups in total. The Balaban J connectivity index is 0.899. The second kappa shape index (κ2) is 14.7. The fourth-order valence-corrected chi connectivity index (χ4v) is 9.67. The number of benzene rings is 3. The van der Waals surface area contributed by atoms with Gasteiger partial charge in [-0.2, -0.15) is 10.4 Å². The van der Waals surface area contributed by atoms with E-state index in [1.807, 2.05) is 43.1 Å². The standard InChI is InChI=1S/C44H49FN10O4/c1-27-19-31-35(50(3)42(27)57)21-30(22-37(31)54-18-17-49(2)34-6-5-28(25-46)20-39(34)54)29-7-12-52(13-8-29)26-44(59)10-15-53(16-11-44)38-24-36-32(23-33(38)45)41(48-51(36)4)55-14-9-40(56)47-43(55)58/h5-6,19-24,29,59H,7-18,26H2,1-4H3,(H,47,56,58). The van der Waals surface area contributed by atoms with Crippen LogP contribution in [-0.4, -0.2) is 101 Å². The van der Waals surface area contributed by atoms with Gasteiger partial charge >= 0.3 is 6.03 Å². The molecule has 4 aliphatic heterocycles. The molecule has 0 bridgehead atoms. The van der Waals surface area contributed by atoms with Crippen LogP contribution < -0.4 is 30.5 Å². The zero-order valence-corrected chi connectivity index (χ0v) is 34.0. The molecule has 0 aliphatic carbocycles. The highest BCUT2D eigenvalue weighted by molar-refractivity contribution is 6.09. The number of likely N-dealkylation sites (N-methyl/N-ethyl adjacent to an activating group) is 1. The van der Waals surface area contributed by atoms with Gasteiger partial charge in [0, 0.05) is 83.2 Å². The maximum absolute atomic E-state index is 15.8. The van der Waals surface area contributed by atoms with E-state index in [9.17, 15) is 24.8 Å². The summed E-state index contributed by atoms with van der Waals surface area (Å²) in [5.74, 6) is -0.200. The number of β-amino-alcohol motifs (C(OH)–C–C–N with tert-alkyl or cyclic N) is 1. The number of piperidine rings is 2. The number of halogens is 1. The Labute approximate surface area is 341 Å². The first kappa shape index (κ1) is 38.5. The Morgan fingerprint density at radius 1 is 0.847 bits per heavy atom. The van der Waals surface area contributed by atoms with Crippen LogP contribution in [0, 0.1) is 24.1 Å². The molecule has 306 valence electrons. The van der Waals surface area contributed by atoms with Crippen molar-refractivity contribution in [1.82, 2.24) is 24.6 Å². The molecule has 4 aliphatic rings. The molecule has 2 aromatic heterocycles. The van der Waals surface area contributed by atoms with Crippen LogP contribution in [0.4, 0.5) is 37.8 Å². The summed E-state index contributed by atoms with van der Waals surface area (Å²) in [7, 11) is 5.66. The van der Waals surface area contributed by atoms with Crippen molar-refractivity contribution < 1.29 is 19.1 Å². The lowest BCUT2D eigenvalue weighted by Gasteiger charge is -2.43. The number of imide groups is 1. The lowest BCUT2D eigenvalue weighted by molar-refractivity contribution is -0.120. The Bertz CT molecular complexity index is 2630. The molecule has 14 nitrogen and oxygen atoms in total. The fourth-order valence-electron chi connectivity index (χ4n) is 9.67. The summed E-state index contributed by atoms with van der Waals surface area (Å²) < 4.78 is 19.2. The molecule has 3 fully saturated rings. The van der Waals surface area contributed by atoms with Gasteiger partial charge in [-0.25, -0.2) is 9.18 Å². The minimum Gasteiger partial charge on any atom is -0.388 e. The highest BCUT2D eigenvalue weighted by atomic mass is 19.1. The van der Waals surface area contributed by atoms with Crippen LogP contribution in [0.15, 0.2) is 53.3 Å². The van der Waals surface area contributed by atoms with Crippen LogP contribution in [0.3, 0.4) is 0 Å². The molecule has 6 heterocycles. The van der Waals surface area contributed by atoms with Crippen molar-refractivity contribution in [2.24, 2.45) is 14.1 Å². The average Bonchev–Trinajstić information content (AvgIpc) is 3.54. The smallest absolute Gasteiger partial charge is 0.329 e. The van der Waals surface area contributed by atoms with E-state index >= 15 is 4.39 Å². The monoisotopic (exact) mass is 800 g/mol. The van der Waals surface area contributed by atoms with Crippen LogP contribution in [0.5, 0.6) is 0 Å². The van der Waals surface area contributed by atoms with E-state index in [4.69, 9.17) is 0 Å². The number of nitriles is 1. The Hall–Kier alpha value is -5.98. The first-order valence-corrected chi connectivity index (χ1v) is 20.5. The Morgan fingerprint density at radius 2 is 1.61 bits per heavy atom. The average molecular weight is 801 g/mol. The number of amides is 3. The predicted molar refractivity (Wildman–Crippen MR) is 226 cm³/mol. The maximum atomic E-state index is 15.8. The van der Waals surface area contributed by atoms with Crippen LogP contribution in [0.2, 0.25) is 0 Å². The summed E-state index contributed by atoms with van der Waals surface area (Å²) in [6.45, 7) is 6.73. The lowest BCUT2D eigenvalue weighted by atomic mass is 9.86.